The molecule has 2 atom stereocenters. The number of hydrogen-bond acceptors (Lipinski definition) is 3. The zero-order chi connectivity index (χ0) is 17.2. The number of nitrogens with one attached hydrogen (secondary N) is 1. The average molecular weight is 348 g/mol. The van der Waals surface area contributed by atoms with Crippen molar-refractivity contribution in [2.24, 2.45) is 5.92 Å². The Balaban J connectivity index is 1.85. The Hall–Kier alpha value is -1.57. The number of hydrogen-bond donors (Lipinski definition) is 1. The van der Waals surface area contributed by atoms with Crippen LogP contribution < -0.4 is 5.32 Å². The number of rotatable bonds is 5. The van der Waals surface area contributed by atoms with E-state index in [-0.39, 0.29) is 24.9 Å². The first-order chi connectivity index (χ1) is 10.6. The van der Waals surface area contributed by atoms with Gasteiger partial charge in [-0.15, -0.1) is 11.3 Å². The van der Waals surface area contributed by atoms with Crippen LogP contribution in [0.5, 0.6) is 0 Å². The van der Waals surface area contributed by atoms with Gasteiger partial charge < -0.3 is 10.2 Å². The average Bonchev–Trinajstić information content (AvgIpc) is 2.95. The smallest absolute Gasteiger partial charge is 0.353 e. The van der Waals surface area contributed by atoms with Gasteiger partial charge in [0, 0.05) is 35.2 Å². The molecule has 1 aliphatic heterocycles. The molecule has 0 saturated carbocycles. The molecular weight excluding hydrogens is 329 g/mol. The maximum absolute atomic E-state index is 12.4. The lowest BCUT2D eigenvalue weighted by molar-refractivity contribution is -0.157. The molecule has 1 saturated heterocycles. The van der Waals surface area contributed by atoms with Crippen molar-refractivity contribution >= 4 is 23.2 Å². The zero-order valence-corrected chi connectivity index (χ0v) is 13.8. The first-order valence-corrected chi connectivity index (χ1v) is 8.16. The molecule has 23 heavy (non-hydrogen) atoms. The molecule has 1 aliphatic rings. The number of aryl methyl sites for hydroxylation is 1. The van der Waals surface area contributed by atoms with E-state index in [1.165, 1.54) is 4.88 Å². The van der Waals surface area contributed by atoms with E-state index in [0.717, 1.165) is 4.88 Å². The Morgan fingerprint density at radius 2 is 2.17 bits per heavy atom. The standard InChI is InChI=1S/C15H19F3N2O2S/c1-9(5-12-4-3-10(2)23-12)19-14(22)11-6-13(21)20(7-11)8-15(16,17)18/h3-4,9,11H,5-8H2,1-2H3,(H,19,22). The first kappa shape index (κ1) is 17.8. The number of amides is 2. The zero-order valence-electron chi connectivity index (χ0n) is 12.9. The summed E-state index contributed by atoms with van der Waals surface area (Å²) in [4.78, 5) is 26.8. The quantitative estimate of drug-likeness (QED) is 0.889. The third kappa shape index (κ3) is 5.23. The number of halogens is 3. The fraction of sp³-hybridized carbons (Fsp3) is 0.600. The summed E-state index contributed by atoms with van der Waals surface area (Å²) >= 11 is 1.64. The largest absolute Gasteiger partial charge is 0.406 e. The maximum Gasteiger partial charge on any atom is 0.406 e. The van der Waals surface area contributed by atoms with Gasteiger partial charge in [0.15, 0.2) is 0 Å². The molecule has 0 bridgehead atoms. The van der Waals surface area contributed by atoms with Gasteiger partial charge in [0.1, 0.15) is 6.54 Å². The highest BCUT2D eigenvalue weighted by molar-refractivity contribution is 7.11. The lowest BCUT2D eigenvalue weighted by Crippen LogP contribution is -2.40. The normalized spacial score (nSPS) is 20.0. The monoisotopic (exact) mass is 348 g/mol. The minimum atomic E-state index is -4.44. The fourth-order valence-electron chi connectivity index (χ4n) is 2.63. The van der Waals surface area contributed by atoms with E-state index >= 15 is 0 Å². The van der Waals surface area contributed by atoms with Crippen LogP contribution >= 0.6 is 11.3 Å². The molecule has 2 amide bonds. The Morgan fingerprint density at radius 1 is 1.48 bits per heavy atom. The number of carbonyl (C=O) groups is 2. The Bertz CT molecular complexity index is 586. The molecule has 2 heterocycles. The summed E-state index contributed by atoms with van der Waals surface area (Å²) < 4.78 is 37.1. The molecule has 8 heteroatoms. The molecule has 0 spiro atoms. The summed E-state index contributed by atoms with van der Waals surface area (Å²) in [6.07, 6.45) is -3.94. The van der Waals surface area contributed by atoms with Crippen molar-refractivity contribution in [3.8, 4) is 0 Å². The third-order valence-corrected chi connectivity index (χ3v) is 4.67. The van der Waals surface area contributed by atoms with E-state index in [0.29, 0.717) is 11.3 Å². The van der Waals surface area contributed by atoms with Gasteiger partial charge in [0.2, 0.25) is 11.8 Å². The van der Waals surface area contributed by atoms with Crippen LogP contribution in [0.2, 0.25) is 0 Å². The summed E-state index contributed by atoms with van der Waals surface area (Å²) in [7, 11) is 0. The Labute approximate surface area is 136 Å². The molecule has 2 rings (SSSR count). The molecule has 128 valence electrons. The van der Waals surface area contributed by atoms with Crippen LogP contribution in [0.1, 0.15) is 23.1 Å². The van der Waals surface area contributed by atoms with Gasteiger partial charge in [-0.25, -0.2) is 0 Å². The van der Waals surface area contributed by atoms with Gasteiger partial charge in [0.05, 0.1) is 5.92 Å². The van der Waals surface area contributed by atoms with Crippen LogP contribution in [0.15, 0.2) is 12.1 Å². The fourth-order valence-corrected chi connectivity index (χ4v) is 3.64. The van der Waals surface area contributed by atoms with E-state index in [9.17, 15) is 22.8 Å². The minimum Gasteiger partial charge on any atom is -0.353 e. The van der Waals surface area contributed by atoms with Gasteiger partial charge in [0.25, 0.3) is 0 Å². The second-order valence-corrected chi connectivity index (χ2v) is 7.29. The second-order valence-electron chi connectivity index (χ2n) is 5.92. The van der Waals surface area contributed by atoms with E-state index in [4.69, 9.17) is 0 Å². The Morgan fingerprint density at radius 3 is 2.74 bits per heavy atom. The Kier molecular flexibility index (Phi) is 5.33. The number of thiophene rings is 1. The highest BCUT2D eigenvalue weighted by Crippen LogP contribution is 2.24. The molecule has 1 fully saturated rings. The van der Waals surface area contributed by atoms with E-state index < -0.39 is 24.5 Å². The first-order valence-electron chi connectivity index (χ1n) is 7.34. The van der Waals surface area contributed by atoms with Crippen molar-refractivity contribution in [1.29, 1.82) is 0 Å². The topological polar surface area (TPSA) is 49.4 Å². The number of likely N-dealkylation sites (tertiary alicyclic amines) is 1. The second kappa shape index (κ2) is 6.90. The lowest BCUT2D eigenvalue weighted by Gasteiger charge is -2.19. The summed E-state index contributed by atoms with van der Waals surface area (Å²) in [6.45, 7) is 2.38. The van der Waals surface area contributed by atoms with Crippen LogP contribution in [-0.4, -0.2) is 42.0 Å². The van der Waals surface area contributed by atoms with Crippen LogP contribution in [0.4, 0.5) is 13.2 Å². The van der Waals surface area contributed by atoms with E-state index in [1.807, 2.05) is 26.0 Å². The van der Waals surface area contributed by atoms with Crippen molar-refractivity contribution in [2.45, 2.75) is 38.9 Å². The molecule has 0 aliphatic carbocycles. The van der Waals surface area contributed by atoms with Crippen LogP contribution in [0, 0.1) is 12.8 Å². The van der Waals surface area contributed by atoms with Gasteiger partial charge in [-0.2, -0.15) is 13.2 Å². The molecule has 2 unspecified atom stereocenters. The third-order valence-electron chi connectivity index (χ3n) is 3.65. The summed E-state index contributed by atoms with van der Waals surface area (Å²) in [5.41, 5.74) is 0. The van der Waals surface area contributed by atoms with Crippen LogP contribution in [0.25, 0.3) is 0 Å². The lowest BCUT2D eigenvalue weighted by atomic mass is 10.1. The van der Waals surface area contributed by atoms with E-state index in [2.05, 4.69) is 5.32 Å². The molecule has 1 aromatic heterocycles. The summed E-state index contributed by atoms with van der Waals surface area (Å²) in [5.74, 6) is -1.69. The van der Waals surface area contributed by atoms with Gasteiger partial charge in [-0.1, -0.05) is 0 Å². The maximum atomic E-state index is 12.4. The van der Waals surface area contributed by atoms with Crippen molar-refractivity contribution in [3.63, 3.8) is 0 Å². The predicted octanol–water partition coefficient (Wildman–Crippen LogP) is 2.51. The van der Waals surface area contributed by atoms with Crippen LogP contribution in [0.3, 0.4) is 0 Å². The molecule has 1 N–H and O–H groups in total. The van der Waals surface area contributed by atoms with Crippen LogP contribution in [-0.2, 0) is 16.0 Å². The summed E-state index contributed by atoms with van der Waals surface area (Å²) in [5, 5.41) is 2.79. The van der Waals surface area contributed by atoms with Gasteiger partial charge in [-0.3, -0.25) is 9.59 Å². The highest BCUT2D eigenvalue weighted by Gasteiger charge is 2.40. The number of carbonyl (C=O) groups excluding carboxylic acids is 2. The molecule has 4 nitrogen and oxygen atoms in total. The molecular formula is C15H19F3N2O2S. The minimum absolute atomic E-state index is 0.132. The van der Waals surface area contributed by atoms with Gasteiger partial charge in [-0.05, 0) is 26.0 Å². The highest BCUT2D eigenvalue weighted by atomic mass is 32.1. The number of nitrogens with zero attached hydrogens (tertiary/aromatic N) is 1. The van der Waals surface area contributed by atoms with Crippen molar-refractivity contribution in [3.05, 3.63) is 21.9 Å². The molecule has 0 radical (unpaired) electrons. The van der Waals surface area contributed by atoms with Crippen molar-refractivity contribution in [1.82, 2.24) is 10.2 Å². The predicted molar refractivity (Wildman–Crippen MR) is 81.1 cm³/mol. The van der Waals surface area contributed by atoms with E-state index in [1.54, 1.807) is 11.3 Å². The SMILES string of the molecule is Cc1ccc(CC(C)NC(=O)C2CC(=O)N(CC(F)(F)F)C2)s1. The van der Waals surface area contributed by atoms with Crippen molar-refractivity contribution in [2.75, 3.05) is 13.1 Å². The van der Waals surface area contributed by atoms with Gasteiger partial charge >= 0.3 is 6.18 Å². The molecule has 1 aromatic rings. The number of alkyl halides is 3. The summed E-state index contributed by atoms with van der Waals surface area (Å²) in [6, 6.07) is 3.86. The van der Waals surface area contributed by atoms with Crippen molar-refractivity contribution < 1.29 is 22.8 Å². The molecule has 0 aromatic carbocycles.